The molecule has 8 atom stereocenters. The topological polar surface area (TPSA) is 123 Å². The molecule has 0 heterocycles. The highest BCUT2D eigenvalue weighted by molar-refractivity contribution is 6.04. The second kappa shape index (κ2) is 12.8. The van der Waals surface area contributed by atoms with Crippen LogP contribution in [0.15, 0.2) is 108 Å². The fraction of sp³-hybridized carbons (Fsp3) is 0.455. The third kappa shape index (κ3) is 5.02. The van der Waals surface area contributed by atoms with Crippen LogP contribution >= 0.6 is 0 Å². The number of rotatable bonds is 10. The summed E-state index contributed by atoms with van der Waals surface area (Å²) in [4.78, 5) is 27.0. The van der Waals surface area contributed by atoms with E-state index in [2.05, 4.69) is 0 Å². The molecule has 4 aliphatic rings. The quantitative estimate of drug-likeness (QED) is 0.128. The standard InChI is InChI=1S/C44H50O8/c1-7-14-36(45)52-44-37(40(44,4)5)34-24-29(25-41(48)35(23-27(2)38(41)46)42(34,49)28(3)39(44)47)26-51-43(30-15-10-8-11-16-30,31-17-12-9-13-18-31)32-19-21-33(50-6)22-20-32/h8-13,15-24,28,34-35,37,39,47-49H,7,14,25-26H2,1-6H3/t28-,34+,35-,37-,39-,41-,42-,44-/m1/s1/i36-1. The molecule has 4 aliphatic carbocycles. The van der Waals surface area contributed by atoms with Crippen molar-refractivity contribution in [3.05, 3.63) is 125 Å². The van der Waals surface area contributed by atoms with E-state index in [1.807, 2.05) is 112 Å². The first-order valence-electron chi connectivity index (χ1n) is 18.4. The van der Waals surface area contributed by atoms with Gasteiger partial charge >= 0.3 is 5.97 Å². The molecule has 52 heavy (non-hydrogen) atoms. The first-order valence-corrected chi connectivity index (χ1v) is 18.4. The van der Waals surface area contributed by atoms with Gasteiger partial charge in [0.1, 0.15) is 22.6 Å². The lowest BCUT2D eigenvalue weighted by Crippen LogP contribution is -2.65. The number of aliphatic hydroxyl groups is 3. The monoisotopic (exact) mass is 705 g/mol. The number of ether oxygens (including phenoxy) is 3. The van der Waals surface area contributed by atoms with E-state index in [-0.39, 0.29) is 19.4 Å². The number of hydrogen-bond acceptors (Lipinski definition) is 8. The number of ketones is 1. The van der Waals surface area contributed by atoms with Gasteiger partial charge in [0, 0.05) is 41.9 Å². The summed E-state index contributed by atoms with van der Waals surface area (Å²) in [6, 6.07) is 27.6. The fourth-order valence-corrected chi connectivity index (χ4v) is 10.2. The van der Waals surface area contributed by atoms with Gasteiger partial charge in [-0.05, 0) is 53.3 Å². The SMILES string of the molecule is CCC[11C](=O)O[C@@]12[C@H](O)[C@@H](C)[C@@]3(O)[C@@H](C=C(COC(c4ccccc4)(c4ccccc4)c4ccc(OC)cc4)C[C@]4(O)C(=O)C(C)=C[C@@H]34)[C@@H]1C2(C)C. The summed E-state index contributed by atoms with van der Waals surface area (Å²) in [5.74, 6) is -3.20. The number of carbonyl (C=O) groups excluding carboxylic acids is 2. The van der Waals surface area contributed by atoms with E-state index in [1.54, 1.807) is 27.0 Å². The molecule has 0 aromatic heterocycles. The molecular weight excluding hydrogens is 655 g/mol. The molecule has 0 radical (unpaired) electrons. The first kappa shape index (κ1) is 36.3. The maximum Gasteiger partial charge on any atom is 0.306 e. The third-order valence-electron chi connectivity index (χ3n) is 12.9. The van der Waals surface area contributed by atoms with E-state index in [1.165, 1.54) is 0 Å². The minimum absolute atomic E-state index is 0.00351. The lowest BCUT2D eigenvalue weighted by Gasteiger charge is -2.52. The van der Waals surface area contributed by atoms with E-state index < -0.39 is 69.3 Å². The Bertz CT molecular complexity index is 1860. The molecule has 0 aliphatic heterocycles. The highest BCUT2D eigenvalue weighted by atomic mass is 16.5. The summed E-state index contributed by atoms with van der Waals surface area (Å²) in [5.41, 5.74) is -3.20. The molecule has 0 spiro atoms. The molecule has 0 bridgehead atoms. The Morgan fingerprint density at radius 3 is 2.04 bits per heavy atom. The zero-order chi connectivity index (χ0) is 37.3. The van der Waals surface area contributed by atoms with Crippen molar-refractivity contribution in [3.63, 3.8) is 0 Å². The number of benzene rings is 3. The molecule has 8 nitrogen and oxygen atoms in total. The maximum atomic E-state index is 13.9. The Balaban J connectivity index is 1.39. The summed E-state index contributed by atoms with van der Waals surface area (Å²) >= 11 is 0. The minimum Gasteiger partial charge on any atom is -0.497 e. The zero-order valence-corrected chi connectivity index (χ0v) is 30.8. The summed E-state index contributed by atoms with van der Waals surface area (Å²) in [7, 11) is 1.62. The predicted molar refractivity (Wildman–Crippen MR) is 196 cm³/mol. The van der Waals surface area contributed by atoms with Crippen molar-refractivity contribution in [2.45, 2.75) is 82.4 Å². The van der Waals surface area contributed by atoms with Gasteiger partial charge in [0.25, 0.3) is 0 Å². The van der Waals surface area contributed by atoms with E-state index in [9.17, 15) is 24.9 Å². The minimum atomic E-state index is -1.98. The van der Waals surface area contributed by atoms with Gasteiger partial charge in [-0.1, -0.05) is 113 Å². The number of fused-ring (bicyclic) bond motifs is 5. The second-order valence-corrected chi connectivity index (χ2v) is 15.9. The number of hydrogen-bond donors (Lipinski definition) is 3. The second-order valence-electron chi connectivity index (χ2n) is 15.9. The molecule has 274 valence electrons. The highest BCUT2D eigenvalue weighted by Gasteiger charge is 2.86. The summed E-state index contributed by atoms with van der Waals surface area (Å²) in [6.45, 7) is 9.21. The number of Topliss-reactive ketones (excluding diaryl/α,β-unsaturated/α-hetero) is 1. The number of methoxy groups -OCH3 is 1. The Hall–Kier alpha value is -4.08. The zero-order valence-electron chi connectivity index (χ0n) is 30.8. The Morgan fingerprint density at radius 2 is 1.48 bits per heavy atom. The molecule has 3 aromatic carbocycles. The molecule has 3 aromatic rings. The largest absolute Gasteiger partial charge is 0.497 e. The maximum absolute atomic E-state index is 13.9. The summed E-state index contributed by atoms with van der Waals surface area (Å²) < 4.78 is 19.0. The van der Waals surface area contributed by atoms with Crippen molar-refractivity contribution in [1.29, 1.82) is 0 Å². The van der Waals surface area contributed by atoms with E-state index in [0.717, 1.165) is 16.7 Å². The van der Waals surface area contributed by atoms with E-state index in [0.29, 0.717) is 23.3 Å². The molecule has 2 fully saturated rings. The van der Waals surface area contributed by atoms with Crippen molar-refractivity contribution < 1.29 is 39.1 Å². The number of aliphatic hydroxyl groups excluding tert-OH is 1. The molecule has 8 heteroatoms. The molecular formula is C44H50O8. The Morgan fingerprint density at radius 1 is 0.904 bits per heavy atom. The average molecular weight is 706 g/mol. The molecule has 7 rings (SSSR count). The Labute approximate surface area is 306 Å². The van der Waals surface area contributed by atoms with Gasteiger partial charge in [-0.15, -0.1) is 0 Å². The van der Waals surface area contributed by atoms with Crippen LogP contribution in [0, 0.1) is 29.1 Å². The highest BCUT2D eigenvalue weighted by Crippen LogP contribution is 2.76. The predicted octanol–water partition coefficient (Wildman–Crippen LogP) is 6.31. The molecule has 3 N–H and O–H groups in total. The van der Waals surface area contributed by atoms with E-state index in [4.69, 9.17) is 14.2 Å². The van der Waals surface area contributed by atoms with Crippen molar-refractivity contribution in [3.8, 4) is 5.75 Å². The van der Waals surface area contributed by atoms with Crippen molar-refractivity contribution in [2.24, 2.45) is 29.1 Å². The van der Waals surface area contributed by atoms with E-state index >= 15 is 0 Å². The third-order valence-corrected chi connectivity index (χ3v) is 12.9. The van der Waals surface area contributed by atoms with Crippen LogP contribution in [0.3, 0.4) is 0 Å². The van der Waals surface area contributed by atoms with Gasteiger partial charge in [0.2, 0.25) is 0 Å². The van der Waals surface area contributed by atoms with Crippen LogP contribution < -0.4 is 4.74 Å². The molecule has 0 amide bonds. The molecule has 2 saturated carbocycles. The van der Waals surface area contributed by atoms with Crippen LogP contribution in [0.4, 0.5) is 0 Å². The van der Waals surface area contributed by atoms with Gasteiger partial charge in [0.15, 0.2) is 5.78 Å². The van der Waals surface area contributed by atoms with Crippen LogP contribution in [0.1, 0.15) is 70.6 Å². The summed E-state index contributed by atoms with van der Waals surface area (Å²) in [6.07, 6.45) is 3.13. The van der Waals surface area contributed by atoms with Gasteiger partial charge in [-0.3, -0.25) is 9.59 Å². The molecule has 0 unspecified atom stereocenters. The lowest BCUT2D eigenvalue weighted by atomic mass is 9.59. The van der Waals surface area contributed by atoms with Gasteiger partial charge < -0.3 is 29.5 Å². The fourth-order valence-electron chi connectivity index (χ4n) is 10.2. The average Bonchev–Trinajstić information content (AvgIpc) is 3.57. The van der Waals surface area contributed by atoms with Crippen LogP contribution in [0.2, 0.25) is 0 Å². The van der Waals surface area contributed by atoms with Gasteiger partial charge in [-0.25, -0.2) is 0 Å². The van der Waals surface area contributed by atoms with Gasteiger partial charge in [0.05, 0.1) is 25.4 Å². The van der Waals surface area contributed by atoms with Crippen LogP contribution in [0.5, 0.6) is 5.75 Å². The molecule has 0 saturated heterocycles. The van der Waals surface area contributed by atoms with Crippen LogP contribution in [-0.2, 0) is 24.7 Å². The normalized spacial score (nSPS) is 33.1. The summed E-state index contributed by atoms with van der Waals surface area (Å²) in [5, 5.41) is 37.6. The Kier molecular flexibility index (Phi) is 8.93. The van der Waals surface area contributed by atoms with Crippen LogP contribution in [-0.4, -0.2) is 63.7 Å². The first-order chi connectivity index (χ1) is 24.7. The number of esters is 1. The van der Waals surface area contributed by atoms with Crippen molar-refractivity contribution in [2.75, 3.05) is 13.7 Å². The van der Waals surface area contributed by atoms with Crippen LogP contribution in [0.25, 0.3) is 0 Å². The lowest BCUT2D eigenvalue weighted by molar-refractivity contribution is -0.219. The number of carbonyl (C=O) groups is 2. The van der Waals surface area contributed by atoms with Crippen molar-refractivity contribution >= 4 is 11.8 Å². The van der Waals surface area contributed by atoms with Crippen molar-refractivity contribution in [1.82, 2.24) is 0 Å². The smallest absolute Gasteiger partial charge is 0.306 e. The van der Waals surface area contributed by atoms with Gasteiger partial charge in [-0.2, -0.15) is 0 Å².